The predicted molar refractivity (Wildman–Crippen MR) is 113 cm³/mol. The van der Waals surface area contributed by atoms with Crippen LogP contribution in [0.4, 0.5) is 15.8 Å². The van der Waals surface area contributed by atoms with Crippen LogP contribution >= 0.6 is 0 Å². The van der Waals surface area contributed by atoms with Crippen LogP contribution in [0, 0.1) is 5.82 Å². The van der Waals surface area contributed by atoms with E-state index in [1.807, 2.05) is 42.5 Å². The maximum atomic E-state index is 13.0. The highest BCUT2D eigenvalue weighted by Gasteiger charge is 2.11. The largest absolute Gasteiger partial charge is 0.322 e. The molecule has 0 aliphatic heterocycles. The Morgan fingerprint density at radius 1 is 0.655 bits per heavy atom. The van der Waals surface area contributed by atoms with Gasteiger partial charge < -0.3 is 10.6 Å². The Bertz CT molecular complexity index is 1200. The van der Waals surface area contributed by atoms with E-state index in [1.165, 1.54) is 24.3 Å². The smallest absolute Gasteiger partial charge is 0.255 e. The third-order valence-electron chi connectivity index (χ3n) is 4.53. The number of anilines is 2. The summed E-state index contributed by atoms with van der Waals surface area (Å²) in [6, 6.07) is 25.4. The van der Waals surface area contributed by atoms with Crippen molar-refractivity contribution in [3.05, 3.63) is 108 Å². The molecule has 0 heterocycles. The fourth-order valence-corrected chi connectivity index (χ4v) is 3.07. The number of fused-ring (bicyclic) bond motifs is 1. The first-order valence-electron chi connectivity index (χ1n) is 9.06. The van der Waals surface area contributed by atoms with Crippen molar-refractivity contribution in [3.63, 3.8) is 0 Å². The summed E-state index contributed by atoms with van der Waals surface area (Å²) in [4.78, 5) is 25.0. The number of amides is 2. The van der Waals surface area contributed by atoms with Gasteiger partial charge in [-0.25, -0.2) is 4.39 Å². The molecule has 0 unspecified atom stereocenters. The number of benzene rings is 4. The topological polar surface area (TPSA) is 58.2 Å². The van der Waals surface area contributed by atoms with Gasteiger partial charge in [0, 0.05) is 27.9 Å². The van der Waals surface area contributed by atoms with Crippen LogP contribution < -0.4 is 10.6 Å². The lowest BCUT2D eigenvalue weighted by molar-refractivity contribution is 0.101. The highest BCUT2D eigenvalue weighted by molar-refractivity contribution is 6.10. The van der Waals surface area contributed by atoms with Crippen LogP contribution in [-0.4, -0.2) is 11.8 Å². The van der Waals surface area contributed by atoms with Gasteiger partial charge in [0.25, 0.3) is 11.8 Å². The molecule has 0 aliphatic carbocycles. The van der Waals surface area contributed by atoms with Crippen LogP contribution in [0.25, 0.3) is 10.8 Å². The monoisotopic (exact) mass is 384 g/mol. The van der Waals surface area contributed by atoms with Gasteiger partial charge in [0.15, 0.2) is 0 Å². The van der Waals surface area contributed by atoms with Crippen molar-refractivity contribution in [1.82, 2.24) is 0 Å². The standard InChI is InChI=1S/C24H17FN2O2/c25-19-13-11-17(12-14-19)23(28)26-20-8-3-7-18(15-20)24(29)27-22-10-4-6-16-5-1-2-9-21(16)22/h1-15H,(H,26,28)(H,27,29). The minimum absolute atomic E-state index is 0.278. The molecule has 4 aromatic carbocycles. The third-order valence-corrected chi connectivity index (χ3v) is 4.53. The predicted octanol–water partition coefficient (Wildman–Crippen LogP) is 5.48. The fraction of sp³-hybridized carbons (Fsp3) is 0. The Hall–Kier alpha value is -3.99. The van der Waals surface area contributed by atoms with Gasteiger partial charge in [-0.15, -0.1) is 0 Å². The van der Waals surface area contributed by atoms with Crippen LogP contribution in [0.5, 0.6) is 0 Å². The van der Waals surface area contributed by atoms with Gasteiger partial charge in [-0.2, -0.15) is 0 Å². The summed E-state index contributed by atoms with van der Waals surface area (Å²) in [5.41, 5.74) is 1.94. The summed E-state index contributed by atoms with van der Waals surface area (Å²) in [7, 11) is 0. The molecule has 0 atom stereocenters. The van der Waals surface area contributed by atoms with E-state index in [0.717, 1.165) is 10.8 Å². The lowest BCUT2D eigenvalue weighted by Gasteiger charge is -2.10. The van der Waals surface area contributed by atoms with Crippen molar-refractivity contribution in [2.24, 2.45) is 0 Å². The average Bonchev–Trinajstić information content (AvgIpc) is 2.74. The number of halogens is 1. The zero-order valence-electron chi connectivity index (χ0n) is 15.4. The Kier molecular flexibility index (Phi) is 5.03. The molecule has 0 bridgehead atoms. The molecule has 2 amide bonds. The van der Waals surface area contributed by atoms with E-state index in [9.17, 15) is 14.0 Å². The quantitative estimate of drug-likeness (QED) is 0.489. The molecular formula is C24H17FN2O2. The van der Waals surface area contributed by atoms with Gasteiger partial charge in [-0.05, 0) is 53.9 Å². The summed E-state index contributed by atoms with van der Waals surface area (Å²) in [6.07, 6.45) is 0. The van der Waals surface area contributed by atoms with Gasteiger partial charge in [0.05, 0.1) is 0 Å². The van der Waals surface area contributed by atoms with Gasteiger partial charge in [0.1, 0.15) is 5.82 Å². The van der Waals surface area contributed by atoms with E-state index < -0.39 is 5.82 Å². The Morgan fingerprint density at radius 2 is 1.34 bits per heavy atom. The summed E-state index contributed by atoms with van der Waals surface area (Å²) in [5, 5.41) is 7.63. The van der Waals surface area contributed by atoms with E-state index in [-0.39, 0.29) is 11.8 Å². The third kappa shape index (κ3) is 4.14. The molecule has 4 nitrogen and oxygen atoms in total. The van der Waals surface area contributed by atoms with Crippen LogP contribution in [0.1, 0.15) is 20.7 Å². The van der Waals surface area contributed by atoms with Crippen molar-refractivity contribution in [2.75, 3.05) is 10.6 Å². The number of hydrogen-bond acceptors (Lipinski definition) is 2. The van der Waals surface area contributed by atoms with Crippen molar-refractivity contribution < 1.29 is 14.0 Å². The van der Waals surface area contributed by atoms with Crippen molar-refractivity contribution >= 4 is 34.0 Å². The maximum Gasteiger partial charge on any atom is 0.255 e. The van der Waals surface area contributed by atoms with Crippen molar-refractivity contribution in [1.29, 1.82) is 0 Å². The van der Waals surface area contributed by atoms with E-state index in [1.54, 1.807) is 24.3 Å². The fourth-order valence-electron chi connectivity index (χ4n) is 3.07. The molecule has 0 aliphatic rings. The lowest BCUT2D eigenvalue weighted by atomic mass is 10.1. The molecule has 0 saturated carbocycles. The molecule has 2 N–H and O–H groups in total. The van der Waals surface area contributed by atoms with Crippen LogP contribution in [0.2, 0.25) is 0 Å². The normalized spacial score (nSPS) is 10.5. The Morgan fingerprint density at radius 3 is 2.17 bits per heavy atom. The van der Waals surface area contributed by atoms with Gasteiger partial charge >= 0.3 is 0 Å². The zero-order valence-corrected chi connectivity index (χ0v) is 15.4. The van der Waals surface area contributed by atoms with Crippen LogP contribution in [0.15, 0.2) is 91.0 Å². The molecular weight excluding hydrogens is 367 g/mol. The first-order valence-corrected chi connectivity index (χ1v) is 9.06. The summed E-state index contributed by atoms with van der Waals surface area (Å²) in [5.74, 6) is -1.07. The molecule has 0 spiro atoms. The molecule has 142 valence electrons. The Labute approximate surface area is 167 Å². The molecule has 29 heavy (non-hydrogen) atoms. The number of carbonyl (C=O) groups is 2. The molecule has 0 fully saturated rings. The molecule has 4 rings (SSSR count). The van der Waals surface area contributed by atoms with Gasteiger partial charge in [-0.1, -0.05) is 42.5 Å². The molecule has 0 radical (unpaired) electrons. The van der Waals surface area contributed by atoms with E-state index in [2.05, 4.69) is 10.6 Å². The second kappa shape index (κ2) is 7.94. The molecule has 0 saturated heterocycles. The number of nitrogens with one attached hydrogen (secondary N) is 2. The maximum absolute atomic E-state index is 13.0. The zero-order chi connectivity index (χ0) is 20.2. The minimum atomic E-state index is -0.409. The first kappa shape index (κ1) is 18.4. The minimum Gasteiger partial charge on any atom is -0.322 e. The molecule has 5 heteroatoms. The summed E-state index contributed by atoms with van der Waals surface area (Å²) >= 11 is 0. The lowest BCUT2D eigenvalue weighted by Crippen LogP contribution is -2.14. The van der Waals surface area contributed by atoms with Crippen molar-refractivity contribution in [2.45, 2.75) is 0 Å². The highest BCUT2D eigenvalue weighted by Crippen LogP contribution is 2.24. The second-order valence-electron chi connectivity index (χ2n) is 6.52. The average molecular weight is 384 g/mol. The summed E-state index contributed by atoms with van der Waals surface area (Å²) < 4.78 is 13.0. The highest BCUT2D eigenvalue weighted by atomic mass is 19.1. The number of hydrogen-bond donors (Lipinski definition) is 2. The molecule has 0 aromatic heterocycles. The van der Waals surface area contributed by atoms with Crippen LogP contribution in [0.3, 0.4) is 0 Å². The van der Waals surface area contributed by atoms with Gasteiger partial charge in [-0.3, -0.25) is 9.59 Å². The first-order chi connectivity index (χ1) is 14.1. The van der Waals surface area contributed by atoms with E-state index in [4.69, 9.17) is 0 Å². The summed E-state index contributed by atoms with van der Waals surface area (Å²) in [6.45, 7) is 0. The van der Waals surface area contributed by atoms with Crippen LogP contribution in [-0.2, 0) is 0 Å². The van der Waals surface area contributed by atoms with E-state index in [0.29, 0.717) is 22.5 Å². The molecule has 4 aromatic rings. The number of rotatable bonds is 4. The SMILES string of the molecule is O=C(Nc1cccc(C(=O)Nc2cccc3ccccc23)c1)c1ccc(F)cc1. The van der Waals surface area contributed by atoms with Crippen molar-refractivity contribution in [3.8, 4) is 0 Å². The second-order valence-corrected chi connectivity index (χ2v) is 6.52. The van der Waals surface area contributed by atoms with E-state index >= 15 is 0 Å². The Balaban J connectivity index is 1.52. The number of carbonyl (C=O) groups excluding carboxylic acids is 2. The van der Waals surface area contributed by atoms with Gasteiger partial charge in [0.2, 0.25) is 0 Å².